The molecule has 0 aromatic carbocycles. The molecule has 0 aliphatic heterocycles. The minimum Gasteiger partial charge on any atom is -0.383 e. The minimum absolute atomic E-state index is 0.00444. The largest absolute Gasteiger partial charge is 0.383 e. The topological polar surface area (TPSA) is 48.0 Å². The highest BCUT2D eigenvalue weighted by Crippen LogP contribution is 1.94. The van der Waals surface area contributed by atoms with Crippen LogP contribution < -0.4 is 0 Å². The summed E-state index contributed by atoms with van der Waals surface area (Å²) >= 11 is 0. The number of carbonyl (C=O) groups excluding carboxylic acids is 1. The Morgan fingerprint density at radius 2 is 1.65 bits per heavy atom. The van der Waals surface area contributed by atoms with Gasteiger partial charge in [0.2, 0.25) is 5.91 Å². The fourth-order valence-corrected chi connectivity index (χ4v) is 1.26. The van der Waals surface area contributed by atoms with Crippen LogP contribution in [0.4, 0.5) is 0 Å². The van der Waals surface area contributed by atoms with Crippen molar-refractivity contribution < 1.29 is 19.0 Å². The molecule has 0 bridgehead atoms. The van der Waals surface area contributed by atoms with Crippen LogP contribution in [0, 0.1) is 0 Å². The van der Waals surface area contributed by atoms with E-state index in [9.17, 15) is 4.79 Å². The summed E-state index contributed by atoms with van der Waals surface area (Å²) < 4.78 is 15.2. The predicted octanol–water partition coefficient (Wildman–Crippen LogP) is 0.925. The smallest absolute Gasteiger partial charge is 0.248 e. The molecule has 0 N–H and O–H groups in total. The Balaban J connectivity index is 3.85. The van der Waals surface area contributed by atoms with Gasteiger partial charge < -0.3 is 19.1 Å². The van der Waals surface area contributed by atoms with Gasteiger partial charge in [-0.25, -0.2) is 0 Å². The van der Waals surface area contributed by atoms with E-state index in [0.717, 1.165) is 12.8 Å². The van der Waals surface area contributed by atoms with E-state index >= 15 is 0 Å². The van der Waals surface area contributed by atoms with E-state index < -0.39 is 0 Å². The highest BCUT2D eigenvalue weighted by Gasteiger charge is 2.12. The van der Waals surface area contributed by atoms with E-state index in [2.05, 4.69) is 6.92 Å². The van der Waals surface area contributed by atoms with Crippen molar-refractivity contribution in [2.75, 3.05) is 53.7 Å². The van der Waals surface area contributed by atoms with Gasteiger partial charge in [-0.3, -0.25) is 4.79 Å². The van der Waals surface area contributed by atoms with Crippen LogP contribution >= 0.6 is 0 Å². The molecular formula is C12H25NO4. The molecule has 0 fully saturated rings. The van der Waals surface area contributed by atoms with E-state index in [1.807, 2.05) is 0 Å². The van der Waals surface area contributed by atoms with Gasteiger partial charge in [0.05, 0.1) is 13.2 Å². The lowest BCUT2D eigenvalue weighted by atomic mass is 10.4. The Bertz CT molecular complexity index is 179. The number of amides is 1. The zero-order chi connectivity index (χ0) is 12.9. The molecule has 0 aliphatic rings. The Hall–Kier alpha value is -0.650. The van der Waals surface area contributed by atoms with Crippen molar-refractivity contribution in [3.8, 4) is 0 Å². The molecule has 102 valence electrons. The zero-order valence-corrected chi connectivity index (χ0v) is 11.2. The summed E-state index contributed by atoms with van der Waals surface area (Å²) in [6, 6.07) is 0. The molecule has 0 aromatic heterocycles. The van der Waals surface area contributed by atoms with Gasteiger partial charge in [-0.15, -0.1) is 0 Å². The molecule has 5 nitrogen and oxygen atoms in total. The van der Waals surface area contributed by atoms with Crippen LogP contribution in [0.15, 0.2) is 0 Å². The van der Waals surface area contributed by atoms with Gasteiger partial charge in [0.1, 0.15) is 6.61 Å². The lowest BCUT2D eigenvalue weighted by molar-refractivity contribution is -0.137. The lowest BCUT2D eigenvalue weighted by Gasteiger charge is -2.21. The Labute approximate surface area is 104 Å². The molecule has 0 unspecified atom stereocenters. The first-order chi connectivity index (χ1) is 8.26. The summed E-state index contributed by atoms with van der Waals surface area (Å²) in [5.74, 6) is -0.00444. The highest BCUT2D eigenvalue weighted by molar-refractivity contribution is 5.77. The third-order valence-electron chi connectivity index (χ3n) is 2.35. The standard InChI is InChI=1S/C12H25NO4/c1-4-5-8-17-11-12(14)13(6-9-15-2)7-10-16-3/h4-11H2,1-3H3. The Morgan fingerprint density at radius 1 is 1.06 bits per heavy atom. The van der Waals surface area contributed by atoms with Gasteiger partial charge in [-0.05, 0) is 6.42 Å². The third-order valence-corrected chi connectivity index (χ3v) is 2.35. The molecule has 0 saturated heterocycles. The minimum atomic E-state index is -0.00444. The van der Waals surface area contributed by atoms with E-state index in [1.165, 1.54) is 0 Å². The second kappa shape index (κ2) is 11.8. The van der Waals surface area contributed by atoms with Crippen molar-refractivity contribution in [3.05, 3.63) is 0 Å². The molecular weight excluding hydrogens is 222 g/mol. The Morgan fingerprint density at radius 3 is 2.12 bits per heavy atom. The number of rotatable bonds is 11. The third kappa shape index (κ3) is 9.09. The maximum absolute atomic E-state index is 11.8. The van der Waals surface area contributed by atoms with Crippen molar-refractivity contribution in [1.29, 1.82) is 0 Å². The Kier molecular flexibility index (Phi) is 11.4. The monoisotopic (exact) mass is 247 g/mol. The van der Waals surface area contributed by atoms with Crippen LogP contribution in [0.5, 0.6) is 0 Å². The van der Waals surface area contributed by atoms with Crippen LogP contribution in [0.2, 0.25) is 0 Å². The van der Waals surface area contributed by atoms with Crippen LogP contribution in [0.25, 0.3) is 0 Å². The van der Waals surface area contributed by atoms with Crippen LogP contribution in [0.1, 0.15) is 19.8 Å². The maximum Gasteiger partial charge on any atom is 0.248 e. The van der Waals surface area contributed by atoms with E-state index in [-0.39, 0.29) is 12.5 Å². The number of ether oxygens (including phenoxy) is 3. The first-order valence-electron chi connectivity index (χ1n) is 6.09. The normalized spacial score (nSPS) is 10.5. The fraction of sp³-hybridized carbons (Fsp3) is 0.917. The average Bonchev–Trinajstić information content (AvgIpc) is 2.34. The zero-order valence-electron chi connectivity index (χ0n) is 11.2. The second-order valence-electron chi connectivity index (χ2n) is 3.77. The van der Waals surface area contributed by atoms with Gasteiger partial charge in [0, 0.05) is 33.9 Å². The molecule has 0 saturated carbocycles. The molecule has 0 rings (SSSR count). The molecule has 17 heavy (non-hydrogen) atoms. The number of carbonyl (C=O) groups is 1. The number of nitrogens with zero attached hydrogens (tertiary/aromatic N) is 1. The van der Waals surface area contributed by atoms with E-state index in [0.29, 0.717) is 32.9 Å². The van der Waals surface area contributed by atoms with Crippen molar-refractivity contribution in [2.45, 2.75) is 19.8 Å². The van der Waals surface area contributed by atoms with E-state index in [1.54, 1.807) is 19.1 Å². The van der Waals surface area contributed by atoms with Crippen molar-refractivity contribution >= 4 is 5.91 Å². The fourth-order valence-electron chi connectivity index (χ4n) is 1.26. The SMILES string of the molecule is CCCCOCC(=O)N(CCOC)CCOC. The molecule has 0 atom stereocenters. The first kappa shape index (κ1) is 16.4. The average molecular weight is 247 g/mol. The van der Waals surface area contributed by atoms with Crippen LogP contribution in [0.3, 0.4) is 0 Å². The quantitative estimate of drug-likeness (QED) is 0.510. The van der Waals surface area contributed by atoms with Gasteiger partial charge in [0.25, 0.3) is 0 Å². The van der Waals surface area contributed by atoms with Crippen molar-refractivity contribution in [1.82, 2.24) is 4.90 Å². The summed E-state index contributed by atoms with van der Waals surface area (Å²) in [5, 5.41) is 0. The first-order valence-corrected chi connectivity index (χ1v) is 6.09. The molecule has 1 amide bonds. The predicted molar refractivity (Wildman–Crippen MR) is 66.1 cm³/mol. The van der Waals surface area contributed by atoms with E-state index in [4.69, 9.17) is 14.2 Å². The number of unbranched alkanes of at least 4 members (excludes halogenated alkanes) is 1. The highest BCUT2D eigenvalue weighted by atomic mass is 16.5. The molecule has 0 heterocycles. The van der Waals surface area contributed by atoms with Crippen LogP contribution in [-0.2, 0) is 19.0 Å². The van der Waals surface area contributed by atoms with Crippen molar-refractivity contribution in [2.24, 2.45) is 0 Å². The number of methoxy groups -OCH3 is 2. The number of hydrogen-bond acceptors (Lipinski definition) is 4. The molecule has 0 spiro atoms. The van der Waals surface area contributed by atoms with Gasteiger partial charge in [0.15, 0.2) is 0 Å². The molecule has 0 aromatic rings. The summed E-state index contributed by atoms with van der Waals surface area (Å²) in [6.07, 6.45) is 2.06. The van der Waals surface area contributed by atoms with Crippen molar-refractivity contribution in [3.63, 3.8) is 0 Å². The maximum atomic E-state index is 11.8. The summed E-state index contributed by atoms with van der Waals surface area (Å²) in [5.41, 5.74) is 0. The lowest BCUT2D eigenvalue weighted by Crippen LogP contribution is -2.38. The molecule has 5 heteroatoms. The summed E-state index contributed by atoms with van der Waals surface area (Å²) in [7, 11) is 3.24. The molecule has 0 aliphatic carbocycles. The van der Waals surface area contributed by atoms with Gasteiger partial charge >= 0.3 is 0 Å². The molecule has 0 radical (unpaired) electrons. The number of hydrogen-bond donors (Lipinski definition) is 0. The van der Waals surface area contributed by atoms with Crippen LogP contribution in [-0.4, -0.2) is 64.5 Å². The second-order valence-corrected chi connectivity index (χ2v) is 3.77. The summed E-state index contributed by atoms with van der Waals surface area (Å²) in [6.45, 7) is 5.10. The summed E-state index contributed by atoms with van der Waals surface area (Å²) in [4.78, 5) is 13.5. The van der Waals surface area contributed by atoms with Gasteiger partial charge in [-0.2, -0.15) is 0 Å². The van der Waals surface area contributed by atoms with Gasteiger partial charge in [-0.1, -0.05) is 13.3 Å².